The van der Waals surface area contributed by atoms with E-state index in [0.717, 1.165) is 11.8 Å². The molecule has 62 valence electrons. The molecular formula is C8H11KOS2. The molecule has 0 radical (unpaired) electrons. The Morgan fingerprint density at radius 2 is 2.08 bits per heavy atom. The predicted octanol–water partition coefficient (Wildman–Crippen LogP) is -0.973. The minimum Gasteiger partial charge on any atom is -0.510 e. The van der Waals surface area contributed by atoms with Crippen molar-refractivity contribution in [2.45, 2.75) is 31.8 Å². The second kappa shape index (κ2) is 5.00. The van der Waals surface area contributed by atoms with Gasteiger partial charge in [0.25, 0.3) is 0 Å². The summed E-state index contributed by atoms with van der Waals surface area (Å²) in [5, 5.41) is 0. The van der Waals surface area contributed by atoms with Crippen molar-refractivity contribution in [1.29, 1.82) is 0 Å². The van der Waals surface area contributed by atoms with Crippen LogP contribution in [-0.2, 0) is 17.4 Å². The van der Waals surface area contributed by atoms with E-state index < -0.39 is 0 Å². The summed E-state index contributed by atoms with van der Waals surface area (Å²) < 4.78 is 5.70. The van der Waals surface area contributed by atoms with Crippen molar-refractivity contribution in [2.24, 2.45) is 11.8 Å². The van der Waals surface area contributed by atoms with Gasteiger partial charge in [0.1, 0.15) is 0 Å². The van der Waals surface area contributed by atoms with Gasteiger partial charge in [-0.2, -0.15) is 0 Å². The zero-order chi connectivity index (χ0) is 7.84. The zero-order valence-corrected chi connectivity index (χ0v) is 12.0. The fourth-order valence-electron chi connectivity index (χ4n) is 2.45. The second-order valence-corrected chi connectivity index (χ2v) is 4.58. The molecule has 2 aliphatic carbocycles. The molecule has 4 heteroatoms. The van der Waals surface area contributed by atoms with Gasteiger partial charge in [-0.3, -0.25) is 0 Å². The fraction of sp³-hybridized carbons (Fsp3) is 0.875. The van der Waals surface area contributed by atoms with E-state index in [2.05, 4.69) is 0 Å². The monoisotopic (exact) mass is 226 g/mol. The van der Waals surface area contributed by atoms with Crippen LogP contribution in [0.2, 0.25) is 0 Å². The van der Waals surface area contributed by atoms with Crippen molar-refractivity contribution in [3.05, 3.63) is 0 Å². The van der Waals surface area contributed by atoms with Crippen molar-refractivity contribution >= 4 is 29.2 Å². The molecule has 0 amide bonds. The van der Waals surface area contributed by atoms with Crippen LogP contribution in [0.3, 0.4) is 0 Å². The largest absolute Gasteiger partial charge is 1.00 e. The van der Waals surface area contributed by atoms with E-state index in [-0.39, 0.29) is 51.4 Å². The number of rotatable bonds is 1. The van der Waals surface area contributed by atoms with Crippen LogP contribution in [0.4, 0.5) is 0 Å². The number of hydrogen-bond acceptors (Lipinski definition) is 3. The van der Waals surface area contributed by atoms with Crippen LogP contribution in [0.1, 0.15) is 25.7 Å². The first-order valence-corrected chi connectivity index (χ1v) is 4.95. The van der Waals surface area contributed by atoms with Gasteiger partial charge in [-0.1, -0.05) is 0 Å². The zero-order valence-electron chi connectivity index (χ0n) is 7.29. The van der Waals surface area contributed by atoms with Crippen molar-refractivity contribution in [3.8, 4) is 0 Å². The summed E-state index contributed by atoms with van der Waals surface area (Å²) in [6, 6.07) is 0. The summed E-state index contributed by atoms with van der Waals surface area (Å²) in [5.74, 6) is 1.68. The third kappa shape index (κ3) is 2.62. The summed E-state index contributed by atoms with van der Waals surface area (Å²) in [6.45, 7) is 0. The average molecular weight is 226 g/mol. The molecule has 3 unspecified atom stereocenters. The quantitative estimate of drug-likeness (QED) is 0.323. The Labute approximate surface area is 127 Å². The minimum atomic E-state index is 0. The van der Waals surface area contributed by atoms with Gasteiger partial charge in [-0.25, -0.2) is 0 Å². The molecule has 1 nitrogen and oxygen atoms in total. The van der Waals surface area contributed by atoms with Crippen LogP contribution in [0, 0.1) is 11.8 Å². The summed E-state index contributed by atoms with van der Waals surface area (Å²) >= 11 is 9.48. The van der Waals surface area contributed by atoms with Crippen LogP contribution in [0.15, 0.2) is 0 Å². The summed E-state index contributed by atoms with van der Waals surface area (Å²) in [7, 11) is 0. The second-order valence-electron chi connectivity index (χ2n) is 3.58. The summed E-state index contributed by atoms with van der Waals surface area (Å²) in [5.41, 5.74) is 0. The first kappa shape index (κ1) is 11.8. The standard InChI is InChI=1S/C8H12OS2.K/c10-8(11)9-7-4-5-1-2-6(7)3-5;/h5-7H,1-4H2,(H,10,11);/q;+1/p-1. The van der Waals surface area contributed by atoms with E-state index in [0.29, 0.717) is 10.5 Å². The molecule has 2 fully saturated rings. The number of hydrogen-bond donors (Lipinski definition) is 0. The molecule has 12 heavy (non-hydrogen) atoms. The van der Waals surface area contributed by atoms with Gasteiger partial charge >= 0.3 is 51.4 Å². The Morgan fingerprint density at radius 3 is 2.50 bits per heavy atom. The molecule has 0 aromatic heterocycles. The third-order valence-corrected chi connectivity index (χ3v) is 3.11. The van der Waals surface area contributed by atoms with Crippen molar-refractivity contribution < 1.29 is 56.1 Å². The topological polar surface area (TPSA) is 9.23 Å². The maximum atomic E-state index is 5.39. The molecule has 0 aromatic carbocycles. The van der Waals surface area contributed by atoms with Crippen LogP contribution in [-0.4, -0.2) is 10.5 Å². The molecule has 0 aromatic rings. The molecule has 0 saturated heterocycles. The SMILES string of the molecule is S=C([S-])OC1CC2CCC1C2.[K+]. The van der Waals surface area contributed by atoms with Crippen LogP contribution in [0.25, 0.3) is 0 Å². The minimum absolute atomic E-state index is 0. The molecule has 2 aliphatic rings. The molecule has 3 atom stereocenters. The Balaban J connectivity index is 0.000000720. The molecule has 0 heterocycles. The van der Waals surface area contributed by atoms with Gasteiger partial charge in [0.05, 0.1) is 6.10 Å². The summed E-state index contributed by atoms with van der Waals surface area (Å²) in [4.78, 5) is 0. The number of fused-ring (bicyclic) bond motifs is 2. The van der Waals surface area contributed by atoms with Crippen LogP contribution < -0.4 is 51.4 Å². The van der Waals surface area contributed by atoms with E-state index >= 15 is 0 Å². The Morgan fingerprint density at radius 1 is 1.33 bits per heavy atom. The van der Waals surface area contributed by atoms with E-state index in [1.807, 2.05) is 0 Å². The smallest absolute Gasteiger partial charge is 0.510 e. The maximum absolute atomic E-state index is 5.39. The van der Waals surface area contributed by atoms with Gasteiger partial charge in [0, 0.05) is 4.38 Å². The summed E-state index contributed by atoms with van der Waals surface area (Å²) in [6.07, 6.45) is 5.64. The van der Waals surface area contributed by atoms with Crippen LogP contribution >= 0.6 is 12.2 Å². The number of thiocarbonyl (C=S) groups is 1. The van der Waals surface area contributed by atoms with Crippen molar-refractivity contribution in [1.82, 2.24) is 0 Å². The van der Waals surface area contributed by atoms with Gasteiger partial charge in [0.15, 0.2) is 0 Å². The van der Waals surface area contributed by atoms with E-state index in [1.54, 1.807) is 0 Å². The van der Waals surface area contributed by atoms with Gasteiger partial charge in [-0.05, 0) is 37.5 Å². The molecule has 0 spiro atoms. The molecule has 2 rings (SSSR count). The first-order valence-electron chi connectivity index (χ1n) is 4.13. The van der Waals surface area contributed by atoms with Crippen molar-refractivity contribution in [3.63, 3.8) is 0 Å². The van der Waals surface area contributed by atoms with Gasteiger partial charge in [-0.15, -0.1) is 0 Å². The molecule has 2 bridgehead atoms. The first-order chi connectivity index (χ1) is 5.25. The molecule has 2 saturated carbocycles. The molecule has 0 aliphatic heterocycles. The number of ether oxygens (including phenoxy) is 1. The van der Waals surface area contributed by atoms with Gasteiger partial charge < -0.3 is 29.6 Å². The maximum Gasteiger partial charge on any atom is 1.00 e. The Bertz CT molecular complexity index is 186. The Hall–Kier alpha value is 1.75. The Kier molecular flexibility index (Phi) is 4.93. The average Bonchev–Trinajstić information content (AvgIpc) is 2.45. The normalized spacial score (nSPS) is 37.5. The van der Waals surface area contributed by atoms with E-state index in [1.165, 1.54) is 25.7 Å². The van der Waals surface area contributed by atoms with Crippen LogP contribution in [0.5, 0.6) is 0 Å². The van der Waals surface area contributed by atoms with Crippen molar-refractivity contribution in [2.75, 3.05) is 0 Å². The molecule has 0 N–H and O–H groups in total. The van der Waals surface area contributed by atoms with E-state index in [9.17, 15) is 0 Å². The van der Waals surface area contributed by atoms with Gasteiger partial charge in [0.2, 0.25) is 0 Å². The molecular weight excluding hydrogens is 215 g/mol. The third-order valence-electron chi connectivity index (χ3n) is 2.92. The predicted molar refractivity (Wildman–Crippen MR) is 50.3 cm³/mol. The van der Waals surface area contributed by atoms with E-state index in [4.69, 9.17) is 29.6 Å². The fourth-order valence-corrected chi connectivity index (χ4v) is 2.70.